The summed E-state index contributed by atoms with van der Waals surface area (Å²) in [5.41, 5.74) is 1.20. The predicted molar refractivity (Wildman–Crippen MR) is 97.9 cm³/mol. The lowest BCUT2D eigenvalue weighted by molar-refractivity contribution is -0.255. The highest BCUT2D eigenvalue weighted by Crippen LogP contribution is 2.31. The number of nitrogens with one attached hydrogen (secondary N) is 3. The molecule has 3 rings (SSSR count). The third-order valence-electron chi connectivity index (χ3n) is 4.19. The smallest absolute Gasteiger partial charge is 0.319 e. The number of hydrogen-bond acceptors (Lipinski definition) is 4. The summed E-state index contributed by atoms with van der Waals surface area (Å²) in [4.78, 5) is 35.7. The zero-order valence-corrected chi connectivity index (χ0v) is 14.7. The first-order valence-corrected chi connectivity index (χ1v) is 8.37. The molecule has 3 amide bonds. The number of carbonyl (C=O) groups excluding carboxylic acids is 3. The van der Waals surface area contributed by atoms with Gasteiger partial charge in [0.1, 0.15) is 5.92 Å². The van der Waals surface area contributed by atoms with Crippen LogP contribution in [0.1, 0.15) is 22.0 Å². The molecule has 1 aliphatic rings. The van der Waals surface area contributed by atoms with Crippen molar-refractivity contribution in [3.05, 3.63) is 77.0 Å². The Balaban J connectivity index is 1.90. The molecule has 2 aromatic rings. The number of amides is 3. The molecule has 3 N–H and O–H groups in total. The van der Waals surface area contributed by atoms with Crippen LogP contribution in [-0.4, -0.2) is 17.9 Å². The second kappa shape index (κ2) is 7.51. The molecule has 1 aliphatic heterocycles. The molecule has 138 valence electrons. The first kappa shape index (κ1) is 18.5. The molecule has 7 nitrogen and oxygen atoms in total. The Hall–Kier alpha value is -3.32. The van der Waals surface area contributed by atoms with E-state index >= 15 is 0 Å². The minimum absolute atomic E-state index is 0.00472. The van der Waals surface area contributed by atoms with Crippen molar-refractivity contribution in [2.45, 2.75) is 6.04 Å². The number of carboxylic acids is 1. The maximum Gasteiger partial charge on any atom is 0.319 e. The Morgan fingerprint density at radius 2 is 1.78 bits per heavy atom. The largest absolute Gasteiger partial charge is 0.545 e. The molecule has 0 bridgehead atoms. The average Bonchev–Trinajstić information content (AvgIpc) is 2.63. The van der Waals surface area contributed by atoms with Gasteiger partial charge < -0.3 is 25.9 Å². The second-order valence-electron chi connectivity index (χ2n) is 5.96. The number of rotatable bonds is 4. The lowest BCUT2D eigenvalue weighted by Crippen LogP contribution is -2.51. The Bertz CT molecular complexity index is 927. The molecular formula is C19H15ClN3O4-. The van der Waals surface area contributed by atoms with Gasteiger partial charge in [0, 0.05) is 5.70 Å². The monoisotopic (exact) mass is 384 g/mol. The molecule has 0 unspecified atom stereocenters. The van der Waals surface area contributed by atoms with E-state index in [1.807, 2.05) is 0 Å². The van der Waals surface area contributed by atoms with Crippen LogP contribution in [0.15, 0.2) is 60.8 Å². The van der Waals surface area contributed by atoms with Gasteiger partial charge >= 0.3 is 6.03 Å². The first-order valence-electron chi connectivity index (χ1n) is 8.00. The van der Waals surface area contributed by atoms with Crippen molar-refractivity contribution >= 4 is 35.2 Å². The molecular weight excluding hydrogens is 370 g/mol. The molecule has 0 radical (unpaired) electrons. The van der Waals surface area contributed by atoms with E-state index in [9.17, 15) is 19.5 Å². The molecule has 2 aromatic carbocycles. The number of para-hydroxylation sites is 1. The van der Waals surface area contributed by atoms with Crippen LogP contribution in [0.3, 0.4) is 0 Å². The number of hydrogen-bond donors (Lipinski definition) is 3. The first-order chi connectivity index (χ1) is 12.9. The number of halogens is 1. The van der Waals surface area contributed by atoms with Crippen LogP contribution in [0.2, 0.25) is 5.02 Å². The van der Waals surface area contributed by atoms with Crippen molar-refractivity contribution in [1.29, 1.82) is 0 Å². The molecule has 0 aliphatic carbocycles. The van der Waals surface area contributed by atoms with Crippen molar-refractivity contribution in [2.24, 2.45) is 5.92 Å². The van der Waals surface area contributed by atoms with Gasteiger partial charge in [-0.05, 0) is 23.3 Å². The topological polar surface area (TPSA) is 110 Å². The number of benzene rings is 2. The van der Waals surface area contributed by atoms with Gasteiger partial charge in [0.15, 0.2) is 0 Å². The van der Waals surface area contributed by atoms with Crippen LogP contribution >= 0.6 is 11.6 Å². The van der Waals surface area contributed by atoms with Crippen molar-refractivity contribution in [2.75, 3.05) is 5.32 Å². The molecule has 8 heteroatoms. The second-order valence-corrected chi connectivity index (χ2v) is 6.36. The van der Waals surface area contributed by atoms with Gasteiger partial charge in [-0.3, -0.25) is 4.79 Å². The third kappa shape index (κ3) is 3.93. The zero-order valence-electron chi connectivity index (χ0n) is 14.0. The van der Waals surface area contributed by atoms with E-state index in [2.05, 4.69) is 22.5 Å². The Morgan fingerprint density at radius 1 is 1.11 bits per heavy atom. The fourth-order valence-electron chi connectivity index (χ4n) is 2.87. The Labute approximate surface area is 160 Å². The highest BCUT2D eigenvalue weighted by atomic mass is 35.5. The molecule has 0 aromatic heterocycles. The summed E-state index contributed by atoms with van der Waals surface area (Å²) < 4.78 is 0. The Kier molecular flexibility index (Phi) is 5.14. The minimum Gasteiger partial charge on any atom is -0.545 e. The molecule has 27 heavy (non-hydrogen) atoms. The highest BCUT2D eigenvalue weighted by Gasteiger charge is 2.37. The summed E-state index contributed by atoms with van der Waals surface area (Å²) in [5, 5.41) is 19.2. The van der Waals surface area contributed by atoms with E-state index in [4.69, 9.17) is 11.6 Å². The molecule has 1 heterocycles. The third-order valence-corrected chi connectivity index (χ3v) is 4.52. The van der Waals surface area contributed by atoms with Gasteiger partial charge in [0.05, 0.1) is 22.7 Å². The predicted octanol–water partition coefficient (Wildman–Crippen LogP) is 1.83. The number of anilines is 1. The van der Waals surface area contributed by atoms with Crippen LogP contribution in [-0.2, 0) is 4.79 Å². The van der Waals surface area contributed by atoms with Crippen molar-refractivity contribution in [1.82, 2.24) is 10.6 Å². The van der Waals surface area contributed by atoms with E-state index in [0.717, 1.165) is 0 Å². The average molecular weight is 385 g/mol. The van der Waals surface area contributed by atoms with E-state index in [0.29, 0.717) is 16.3 Å². The highest BCUT2D eigenvalue weighted by molar-refractivity contribution is 6.33. The van der Waals surface area contributed by atoms with Crippen molar-refractivity contribution < 1.29 is 19.5 Å². The summed E-state index contributed by atoms with van der Waals surface area (Å²) in [6.07, 6.45) is 0. The quantitative estimate of drug-likeness (QED) is 0.746. The van der Waals surface area contributed by atoms with Crippen molar-refractivity contribution in [3.8, 4) is 0 Å². The van der Waals surface area contributed by atoms with E-state index in [-0.39, 0.29) is 11.3 Å². The van der Waals surface area contributed by atoms with Crippen LogP contribution in [0.4, 0.5) is 10.5 Å². The molecule has 0 saturated carbocycles. The van der Waals surface area contributed by atoms with Gasteiger partial charge in [-0.2, -0.15) is 0 Å². The van der Waals surface area contributed by atoms with E-state index in [1.165, 1.54) is 24.3 Å². The standard InChI is InChI=1S/C19H16ClN3O4/c1-10-15(17(24)22-14-5-3-2-4-13(14)20)16(23-19(27)21-10)11-6-8-12(9-7-11)18(25)26/h2-9,15-16H,1H2,(H,22,24)(H,25,26)(H2,21,23,27)/p-1/t15-,16+/m0/s1. The Morgan fingerprint density at radius 3 is 2.41 bits per heavy atom. The summed E-state index contributed by atoms with van der Waals surface area (Å²) in [6, 6.07) is 11.3. The maximum absolute atomic E-state index is 12.9. The van der Waals surface area contributed by atoms with Gasteiger partial charge in [-0.25, -0.2) is 4.79 Å². The van der Waals surface area contributed by atoms with E-state index < -0.39 is 29.9 Å². The maximum atomic E-state index is 12.9. The number of urea groups is 1. The van der Waals surface area contributed by atoms with Crippen LogP contribution in [0, 0.1) is 5.92 Å². The molecule has 0 spiro atoms. The van der Waals surface area contributed by atoms with Crippen molar-refractivity contribution in [3.63, 3.8) is 0 Å². The summed E-state index contributed by atoms with van der Waals surface area (Å²) >= 11 is 6.08. The fraction of sp³-hybridized carbons (Fsp3) is 0.105. The number of aromatic carboxylic acids is 1. The van der Waals surface area contributed by atoms with Gasteiger partial charge in [-0.1, -0.05) is 54.6 Å². The summed E-state index contributed by atoms with van der Waals surface area (Å²) in [6.45, 7) is 3.78. The summed E-state index contributed by atoms with van der Waals surface area (Å²) in [7, 11) is 0. The normalized spacial score (nSPS) is 19.0. The van der Waals surface area contributed by atoms with Gasteiger partial charge in [0.25, 0.3) is 0 Å². The SMILES string of the molecule is C=C1NC(=O)N[C@H](c2ccc(C(=O)[O-])cc2)[C@H]1C(=O)Nc1ccccc1Cl. The van der Waals surface area contributed by atoms with E-state index in [1.54, 1.807) is 24.3 Å². The lowest BCUT2D eigenvalue weighted by atomic mass is 9.88. The molecule has 1 fully saturated rings. The van der Waals surface area contributed by atoms with Gasteiger partial charge in [0.2, 0.25) is 5.91 Å². The molecule has 1 saturated heterocycles. The lowest BCUT2D eigenvalue weighted by Gasteiger charge is -2.34. The van der Waals surface area contributed by atoms with Crippen LogP contribution in [0.5, 0.6) is 0 Å². The molecule has 2 atom stereocenters. The zero-order chi connectivity index (χ0) is 19.6. The van der Waals surface area contributed by atoms with Crippen LogP contribution < -0.4 is 21.1 Å². The summed E-state index contributed by atoms with van der Waals surface area (Å²) in [5.74, 6) is -2.57. The number of carbonyl (C=O) groups is 3. The number of carboxylic acid groups (broad SMARTS) is 1. The van der Waals surface area contributed by atoms with Crippen LogP contribution in [0.25, 0.3) is 0 Å². The minimum atomic E-state index is -1.31. The van der Waals surface area contributed by atoms with Gasteiger partial charge in [-0.15, -0.1) is 0 Å². The fourth-order valence-corrected chi connectivity index (χ4v) is 3.05.